The third kappa shape index (κ3) is 6.63. The van der Waals surface area contributed by atoms with Gasteiger partial charge in [-0.2, -0.15) is 0 Å². The van der Waals surface area contributed by atoms with Crippen molar-refractivity contribution in [1.82, 2.24) is 0 Å². The van der Waals surface area contributed by atoms with Gasteiger partial charge in [0, 0.05) is 0 Å². The summed E-state index contributed by atoms with van der Waals surface area (Å²) < 4.78 is 0. The van der Waals surface area contributed by atoms with Crippen LogP contribution in [0.25, 0.3) is 0 Å². The molecular weight excluding hydrogens is 208 g/mol. The van der Waals surface area contributed by atoms with Crippen molar-refractivity contribution in [3.63, 3.8) is 0 Å². The van der Waals surface area contributed by atoms with Crippen molar-refractivity contribution in [2.45, 2.75) is 84.7 Å². The van der Waals surface area contributed by atoms with Crippen LogP contribution in [0.1, 0.15) is 73.1 Å². The van der Waals surface area contributed by atoms with E-state index in [4.69, 9.17) is 0 Å². The van der Waals surface area contributed by atoms with Gasteiger partial charge in [0.05, 0.1) is 17.6 Å². The molecule has 2 nitrogen and oxygen atoms in total. The minimum absolute atomic E-state index is 0.0452. The zero-order valence-corrected chi connectivity index (χ0v) is 12.2. The van der Waals surface area contributed by atoms with Gasteiger partial charge < -0.3 is 0 Å². The van der Waals surface area contributed by atoms with Crippen LogP contribution >= 0.6 is 0 Å². The van der Waals surface area contributed by atoms with Crippen LogP contribution in [0.15, 0.2) is 9.98 Å². The van der Waals surface area contributed by atoms with Gasteiger partial charge in [0.2, 0.25) is 0 Å². The van der Waals surface area contributed by atoms with E-state index in [1.807, 2.05) is 0 Å². The summed E-state index contributed by atoms with van der Waals surface area (Å²) in [4.78, 5) is 9.00. The molecule has 1 fully saturated rings. The van der Waals surface area contributed by atoms with E-state index < -0.39 is 0 Å². The fourth-order valence-electron chi connectivity index (χ4n) is 2.79. The Balaban J connectivity index is 2.52. The fourth-order valence-corrected chi connectivity index (χ4v) is 2.79. The molecule has 0 radical (unpaired) electrons. The van der Waals surface area contributed by atoms with E-state index in [1.54, 1.807) is 0 Å². The molecule has 0 aromatic rings. The lowest BCUT2D eigenvalue weighted by Gasteiger charge is -2.27. The monoisotopic (exact) mass is 236 g/mol. The van der Waals surface area contributed by atoms with Gasteiger partial charge in [-0.05, 0) is 38.5 Å². The van der Waals surface area contributed by atoms with Crippen molar-refractivity contribution in [3.05, 3.63) is 0 Å². The molecule has 0 aliphatic heterocycles. The van der Waals surface area contributed by atoms with Gasteiger partial charge in [-0.1, -0.05) is 40.0 Å². The molecule has 0 unspecified atom stereocenters. The van der Waals surface area contributed by atoms with E-state index >= 15 is 0 Å². The molecule has 1 saturated carbocycles. The predicted octanol–water partition coefficient (Wildman–Crippen LogP) is 4.71. The van der Waals surface area contributed by atoms with Crippen LogP contribution in [-0.4, -0.2) is 17.6 Å². The maximum Gasteiger partial charge on any atom is 0.0901 e. The molecule has 2 heteroatoms. The maximum absolute atomic E-state index is 4.52. The Morgan fingerprint density at radius 3 is 2.12 bits per heavy atom. The number of hydrogen-bond donors (Lipinski definition) is 0. The quantitative estimate of drug-likeness (QED) is 0.634. The van der Waals surface area contributed by atoms with E-state index in [0.29, 0.717) is 11.5 Å². The molecule has 1 aliphatic rings. The van der Waals surface area contributed by atoms with E-state index in [1.165, 1.54) is 32.1 Å². The van der Waals surface area contributed by atoms with Crippen molar-refractivity contribution < 1.29 is 0 Å². The number of hydrogen-bond acceptors (Lipinski definition) is 2. The van der Waals surface area contributed by atoms with E-state index in [9.17, 15) is 0 Å². The maximum atomic E-state index is 4.52. The van der Waals surface area contributed by atoms with Crippen molar-refractivity contribution in [1.29, 1.82) is 0 Å². The van der Waals surface area contributed by atoms with Gasteiger partial charge in [-0.15, -0.1) is 0 Å². The first kappa shape index (κ1) is 14.4. The highest BCUT2D eigenvalue weighted by atomic mass is 14.9. The number of aliphatic imine (C=N–C) groups is 2. The second-order valence-electron chi connectivity index (χ2n) is 7.18. The zero-order chi connectivity index (χ0) is 12.9. The largest absolute Gasteiger partial charge is 0.222 e. The third-order valence-corrected chi connectivity index (χ3v) is 3.13. The van der Waals surface area contributed by atoms with Crippen LogP contribution in [0.3, 0.4) is 0 Å². The number of nitrogens with zero attached hydrogens (tertiary/aromatic N) is 2. The molecule has 0 saturated heterocycles. The van der Waals surface area contributed by atoms with Crippen molar-refractivity contribution in [2.24, 2.45) is 15.4 Å². The average Bonchev–Trinajstić information content (AvgIpc) is 2.15. The third-order valence-electron chi connectivity index (χ3n) is 3.13. The van der Waals surface area contributed by atoms with Crippen molar-refractivity contribution in [3.8, 4) is 0 Å². The highest BCUT2D eigenvalue weighted by Gasteiger charge is 2.24. The van der Waals surface area contributed by atoms with Gasteiger partial charge in [0.15, 0.2) is 0 Å². The summed E-state index contributed by atoms with van der Waals surface area (Å²) in [6, 6.07) is 3.45. The van der Waals surface area contributed by atoms with E-state index in [-0.39, 0.29) is 5.54 Å². The predicted molar refractivity (Wildman–Crippen MR) is 74.9 cm³/mol. The summed E-state index contributed by atoms with van der Waals surface area (Å²) in [6.07, 6.45) is 7.53. The molecule has 0 spiro atoms. The van der Waals surface area contributed by atoms with Crippen molar-refractivity contribution >= 4 is 6.01 Å². The second kappa shape index (κ2) is 5.82. The first-order chi connectivity index (χ1) is 7.79. The molecular formula is C15H28N2. The van der Waals surface area contributed by atoms with Crippen LogP contribution in [0.4, 0.5) is 0 Å². The van der Waals surface area contributed by atoms with Crippen LogP contribution < -0.4 is 0 Å². The summed E-state index contributed by atoms with van der Waals surface area (Å²) in [5, 5.41) is 0. The van der Waals surface area contributed by atoms with Crippen LogP contribution in [0, 0.1) is 5.41 Å². The van der Waals surface area contributed by atoms with Gasteiger partial charge in [-0.25, -0.2) is 9.98 Å². The summed E-state index contributed by atoms with van der Waals surface area (Å²) in [5.41, 5.74) is 0.260. The average molecular weight is 236 g/mol. The summed E-state index contributed by atoms with van der Waals surface area (Å²) in [7, 11) is 0. The molecule has 17 heavy (non-hydrogen) atoms. The van der Waals surface area contributed by atoms with Gasteiger partial charge >= 0.3 is 0 Å². The van der Waals surface area contributed by atoms with Crippen LogP contribution in [0.2, 0.25) is 0 Å². The molecule has 0 heterocycles. The molecule has 1 rings (SSSR count). The molecule has 1 aliphatic carbocycles. The van der Waals surface area contributed by atoms with Crippen molar-refractivity contribution in [2.75, 3.05) is 0 Å². The van der Waals surface area contributed by atoms with Crippen LogP contribution in [0.5, 0.6) is 0 Å². The zero-order valence-electron chi connectivity index (χ0n) is 12.2. The topological polar surface area (TPSA) is 24.7 Å². The van der Waals surface area contributed by atoms with Gasteiger partial charge in [0.1, 0.15) is 0 Å². The first-order valence-electron chi connectivity index (χ1n) is 6.95. The first-order valence-corrected chi connectivity index (χ1v) is 6.95. The highest BCUT2D eigenvalue weighted by Crippen LogP contribution is 2.29. The Morgan fingerprint density at radius 1 is 1.00 bits per heavy atom. The van der Waals surface area contributed by atoms with Crippen LogP contribution in [-0.2, 0) is 0 Å². The SMILES string of the molecule is CC(C)(C)CC(C)(C)N=C=NC1CCCCC1. The molecule has 0 aromatic carbocycles. The Labute approximate surface area is 107 Å². The molecule has 0 N–H and O–H groups in total. The molecule has 0 bridgehead atoms. The lowest BCUT2D eigenvalue weighted by atomic mass is 9.82. The standard InChI is InChI=1S/C15H28N2/c1-14(2,3)11-15(4,5)17-12-16-13-9-7-6-8-10-13/h13H,6-11H2,1-5H3. The summed E-state index contributed by atoms with van der Waals surface area (Å²) >= 11 is 0. The minimum atomic E-state index is -0.0452. The smallest absolute Gasteiger partial charge is 0.0901 e. The Hall–Kier alpha value is -0.620. The Bertz CT molecular complexity index is 285. The van der Waals surface area contributed by atoms with E-state index in [2.05, 4.69) is 50.6 Å². The molecule has 98 valence electrons. The fraction of sp³-hybridized carbons (Fsp3) is 0.933. The lowest BCUT2D eigenvalue weighted by Crippen LogP contribution is -2.24. The Morgan fingerprint density at radius 2 is 1.59 bits per heavy atom. The minimum Gasteiger partial charge on any atom is -0.222 e. The molecule has 0 aromatic heterocycles. The second-order valence-corrected chi connectivity index (χ2v) is 7.18. The molecule has 0 atom stereocenters. The van der Waals surface area contributed by atoms with Gasteiger partial charge in [0.25, 0.3) is 0 Å². The summed E-state index contributed by atoms with van der Waals surface area (Å²) in [5.74, 6) is 0. The summed E-state index contributed by atoms with van der Waals surface area (Å²) in [6.45, 7) is 11.1. The Kier molecular flexibility index (Phi) is 4.94. The normalized spacial score (nSPS) is 18.6. The highest BCUT2D eigenvalue weighted by molar-refractivity contribution is 5.42. The molecule has 0 amide bonds. The van der Waals surface area contributed by atoms with Gasteiger partial charge in [-0.3, -0.25) is 0 Å². The lowest BCUT2D eigenvalue weighted by molar-refractivity contribution is 0.289. The number of rotatable bonds is 3. The van der Waals surface area contributed by atoms with E-state index in [0.717, 1.165) is 6.42 Å².